The third kappa shape index (κ3) is 7.84. The molecule has 1 saturated heterocycles. The molecule has 0 atom stereocenters. The number of aliphatic hydroxyl groups is 1. The fraction of sp³-hybridized carbons (Fsp3) is 0.469. The molecule has 1 aromatic heterocycles. The summed E-state index contributed by atoms with van der Waals surface area (Å²) in [5.74, 6) is -3.32. The van der Waals surface area contributed by atoms with Crippen molar-refractivity contribution in [2.24, 2.45) is 0 Å². The average Bonchev–Trinajstić information content (AvgIpc) is 3.41. The lowest BCUT2D eigenvalue weighted by Gasteiger charge is -2.54. The van der Waals surface area contributed by atoms with Crippen LogP contribution in [-0.4, -0.2) is 63.6 Å². The van der Waals surface area contributed by atoms with E-state index in [0.29, 0.717) is 37.6 Å². The van der Waals surface area contributed by atoms with E-state index in [1.54, 1.807) is 26.8 Å². The first-order chi connectivity index (χ1) is 21.4. The smallest absolute Gasteiger partial charge is 0.406 e. The average molecular weight is 651 g/mol. The Bertz CT molecular complexity index is 1590. The molecule has 14 heteroatoms. The predicted molar refractivity (Wildman–Crippen MR) is 155 cm³/mol. The number of likely N-dealkylation sites (tertiary alicyclic amines) is 1. The molecule has 5 rings (SSSR count). The van der Waals surface area contributed by atoms with Gasteiger partial charge in [-0.05, 0) is 76.3 Å². The van der Waals surface area contributed by atoms with Crippen molar-refractivity contribution in [1.82, 2.24) is 20.7 Å². The maximum atomic E-state index is 14.3. The van der Waals surface area contributed by atoms with Crippen molar-refractivity contribution in [3.8, 4) is 17.1 Å². The zero-order chi connectivity index (χ0) is 33.5. The summed E-state index contributed by atoms with van der Waals surface area (Å²) in [7, 11) is 0. The van der Waals surface area contributed by atoms with Crippen LogP contribution in [0, 0.1) is 11.6 Å². The molecular formula is C32H35F5N4O5. The number of aromatic nitrogens is 1. The van der Waals surface area contributed by atoms with E-state index >= 15 is 0 Å². The van der Waals surface area contributed by atoms with Gasteiger partial charge in [-0.1, -0.05) is 17.3 Å². The molecule has 2 amide bonds. The maximum Gasteiger partial charge on any atom is 0.573 e. The summed E-state index contributed by atoms with van der Waals surface area (Å²) in [4.78, 5) is 29.0. The van der Waals surface area contributed by atoms with Crippen LogP contribution in [0.1, 0.15) is 68.9 Å². The topological polar surface area (TPSA) is 117 Å². The predicted octanol–water partition coefficient (Wildman–Crippen LogP) is 5.44. The van der Waals surface area contributed by atoms with Gasteiger partial charge in [-0.3, -0.25) is 14.5 Å². The summed E-state index contributed by atoms with van der Waals surface area (Å²) in [5.41, 5.74) is -2.78. The minimum atomic E-state index is -4.88. The summed E-state index contributed by atoms with van der Waals surface area (Å²) >= 11 is 0. The van der Waals surface area contributed by atoms with Crippen molar-refractivity contribution in [2.45, 2.75) is 82.0 Å². The second-order valence-electron chi connectivity index (χ2n) is 13.0. The van der Waals surface area contributed by atoms with Gasteiger partial charge in [-0.25, -0.2) is 8.78 Å². The standard InChI is InChI=1S/C32H35F5N4O5/c1-29(2,19-5-4-6-22(13-19)45-32(35,36)37)38-27(42)16-31(17-41(18-31)21-9-11-30(3,44)12-10-21)39-28(43)25-15-26(46-40-25)23-8-7-20(33)14-24(23)34/h4-8,13-15,21,44H,9-12,16-18H2,1-3H3,(H,38,42)(H,39,43). The highest BCUT2D eigenvalue weighted by molar-refractivity contribution is 5.94. The Labute approximate surface area is 262 Å². The van der Waals surface area contributed by atoms with E-state index in [1.807, 2.05) is 0 Å². The van der Waals surface area contributed by atoms with Gasteiger partial charge < -0.3 is 25.0 Å². The van der Waals surface area contributed by atoms with Crippen molar-refractivity contribution in [3.63, 3.8) is 0 Å². The molecule has 3 aromatic rings. The van der Waals surface area contributed by atoms with E-state index in [2.05, 4.69) is 25.4 Å². The van der Waals surface area contributed by atoms with E-state index < -0.39 is 52.2 Å². The summed E-state index contributed by atoms with van der Waals surface area (Å²) in [6, 6.07) is 9.56. The first-order valence-electron chi connectivity index (χ1n) is 14.8. The molecule has 9 nitrogen and oxygen atoms in total. The minimum absolute atomic E-state index is 0.0857. The van der Waals surface area contributed by atoms with Crippen molar-refractivity contribution >= 4 is 11.8 Å². The number of halogens is 5. The lowest BCUT2D eigenvalue weighted by Crippen LogP contribution is -2.73. The molecule has 1 saturated carbocycles. The van der Waals surface area contributed by atoms with Crippen molar-refractivity contribution in [2.75, 3.05) is 13.1 Å². The molecule has 2 heterocycles. The Balaban J connectivity index is 1.31. The van der Waals surface area contributed by atoms with Crippen LogP contribution in [0.3, 0.4) is 0 Å². The van der Waals surface area contributed by atoms with Gasteiger partial charge in [0.1, 0.15) is 17.4 Å². The summed E-state index contributed by atoms with van der Waals surface area (Å²) in [6.45, 7) is 5.69. The van der Waals surface area contributed by atoms with E-state index in [0.717, 1.165) is 31.0 Å². The fourth-order valence-corrected chi connectivity index (χ4v) is 6.17. The Hall–Kier alpha value is -4.04. The number of hydrogen-bond acceptors (Lipinski definition) is 7. The number of carbonyl (C=O) groups is 2. The zero-order valence-corrected chi connectivity index (χ0v) is 25.5. The SMILES string of the molecule is CC1(O)CCC(N2CC(CC(=O)NC(C)(C)c3cccc(OC(F)(F)F)c3)(NC(=O)c3cc(-c4ccc(F)cc4F)on3)C2)CC1. The Morgan fingerprint density at radius 2 is 1.78 bits per heavy atom. The summed E-state index contributed by atoms with van der Waals surface area (Å²) in [6.07, 6.45) is -2.34. The first-order valence-corrected chi connectivity index (χ1v) is 14.8. The number of nitrogens with one attached hydrogen (secondary N) is 2. The van der Waals surface area contributed by atoms with Gasteiger partial charge in [-0.15, -0.1) is 13.2 Å². The van der Waals surface area contributed by atoms with Gasteiger partial charge in [0.2, 0.25) is 5.91 Å². The van der Waals surface area contributed by atoms with E-state index in [9.17, 15) is 36.6 Å². The Morgan fingerprint density at radius 1 is 1.09 bits per heavy atom. The van der Waals surface area contributed by atoms with Crippen molar-refractivity contribution in [3.05, 3.63) is 71.4 Å². The number of hydrogen-bond donors (Lipinski definition) is 3. The Morgan fingerprint density at radius 3 is 2.43 bits per heavy atom. The van der Waals surface area contributed by atoms with E-state index in [-0.39, 0.29) is 29.5 Å². The maximum absolute atomic E-state index is 14.3. The molecule has 1 aliphatic carbocycles. The molecule has 46 heavy (non-hydrogen) atoms. The lowest BCUT2D eigenvalue weighted by molar-refractivity contribution is -0.274. The highest BCUT2D eigenvalue weighted by Gasteiger charge is 2.49. The van der Waals surface area contributed by atoms with Crippen LogP contribution in [0.15, 0.2) is 53.1 Å². The quantitative estimate of drug-likeness (QED) is 0.264. The van der Waals surface area contributed by atoms with Crippen LogP contribution in [0.25, 0.3) is 11.3 Å². The third-order valence-electron chi connectivity index (χ3n) is 8.62. The molecular weight excluding hydrogens is 615 g/mol. The highest BCUT2D eigenvalue weighted by Crippen LogP contribution is 2.37. The van der Waals surface area contributed by atoms with Crippen LogP contribution in [0.2, 0.25) is 0 Å². The normalized spacial score (nSPS) is 21.7. The second-order valence-corrected chi connectivity index (χ2v) is 13.0. The van der Waals surface area contributed by atoms with Crippen LogP contribution < -0.4 is 15.4 Å². The molecule has 3 N–H and O–H groups in total. The number of nitrogens with zero attached hydrogens (tertiary/aromatic N) is 2. The van der Waals surface area contributed by atoms with Crippen LogP contribution in [0.4, 0.5) is 22.0 Å². The van der Waals surface area contributed by atoms with Crippen LogP contribution in [0.5, 0.6) is 5.75 Å². The molecule has 0 radical (unpaired) electrons. The third-order valence-corrected chi connectivity index (χ3v) is 8.62. The molecule has 248 valence electrons. The lowest BCUT2D eigenvalue weighted by atomic mass is 9.78. The number of rotatable bonds is 9. The van der Waals surface area contributed by atoms with Gasteiger partial charge in [0.15, 0.2) is 11.5 Å². The molecule has 2 aliphatic rings. The molecule has 0 unspecified atom stereocenters. The molecule has 0 bridgehead atoms. The zero-order valence-electron chi connectivity index (χ0n) is 25.5. The number of carbonyl (C=O) groups excluding carboxylic acids is 2. The fourth-order valence-electron chi connectivity index (χ4n) is 6.17. The van der Waals surface area contributed by atoms with Crippen LogP contribution in [-0.2, 0) is 10.3 Å². The van der Waals surface area contributed by atoms with Crippen LogP contribution >= 0.6 is 0 Å². The highest BCUT2D eigenvalue weighted by atomic mass is 19.4. The van der Waals surface area contributed by atoms with Gasteiger partial charge >= 0.3 is 6.36 Å². The first kappa shape index (κ1) is 33.3. The number of benzene rings is 2. The van der Waals surface area contributed by atoms with Crippen molar-refractivity contribution in [1.29, 1.82) is 0 Å². The molecule has 0 spiro atoms. The van der Waals surface area contributed by atoms with Gasteiger partial charge in [-0.2, -0.15) is 0 Å². The number of amides is 2. The second kappa shape index (κ2) is 12.3. The molecule has 1 aliphatic heterocycles. The largest absolute Gasteiger partial charge is 0.573 e. The monoisotopic (exact) mass is 650 g/mol. The van der Waals surface area contributed by atoms with E-state index in [1.165, 1.54) is 18.2 Å². The van der Waals surface area contributed by atoms with Gasteiger partial charge in [0, 0.05) is 31.3 Å². The number of alkyl halides is 3. The van der Waals surface area contributed by atoms with Gasteiger partial charge in [0.25, 0.3) is 5.91 Å². The van der Waals surface area contributed by atoms with Crippen molar-refractivity contribution < 1.29 is 45.9 Å². The van der Waals surface area contributed by atoms with E-state index in [4.69, 9.17) is 4.52 Å². The van der Waals surface area contributed by atoms with Gasteiger partial charge in [0.05, 0.1) is 28.7 Å². The molecule has 2 aromatic carbocycles. The molecule has 2 fully saturated rings. The number of ether oxygens (including phenoxy) is 1. The summed E-state index contributed by atoms with van der Waals surface area (Å²) in [5, 5.41) is 19.9. The minimum Gasteiger partial charge on any atom is -0.406 e. The Kier molecular flexibility index (Phi) is 8.90. The summed E-state index contributed by atoms with van der Waals surface area (Å²) < 4.78 is 75.2.